The number of anilines is 1. The van der Waals surface area contributed by atoms with E-state index in [4.69, 9.17) is 14.6 Å². The molecule has 5 nitrogen and oxygen atoms in total. The van der Waals surface area contributed by atoms with Crippen LogP contribution in [0.1, 0.15) is 47.0 Å². The van der Waals surface area contributed by atoms with Crippen LogP contribution in [0.15, 0.2) is 59.2 Å². The number of methoxy groups -OCH3 is 1. The Labute approximate surface area is 180 Å². The second-order valence-electron chi connectivity index (χ2n) is 10.3. The number of para-hydroxylation sites is 1. The van der Waals surface area contributed by atoms with Gasteiger partial charge in [0.25, 0.3) is 0 Å². The van der Waals surface area contributed by atoms with Gasteiger partial charge in [0.05, 0.1) is 11.7 Å². The Morgan fingerprint density at radius 3 is 2.50 bits per heavy atom. The fraction of sp³-hybridized carbons (Fsp3) is 0.560. The largest absolute Gasteiger partial charge is 0.462 e. The minimum Gasteiger partial charge on any atom is -0.462 e. The molecule has 1 spiro atoms. The number of allylic oxidation sites excluding steroid dienone is 3. The number of amidine groups is 1. The lowest BCUT2D eigenvalue weighted by Gasteiger charge is -2.50. The molecule has 5 heteroatoms. The summed E-state index contributed by atoms with van der Waals surface area (Å²) in [7, 11) is 1.85. The molecule has 0 aromatic heterocycles. The molecule has 3 unspecified atom stereocenters. The zero-order chi connectivity index (χ0) is 21.1. The van der Waals surface area contributed by atoms with Gasteiger partial charge in [-0.25, -0.2) is 5.01 Å². The first-order valence-corrected chi connectivity index (χ1v) is 11.1. The summed E-state index contributed by atoms with van der Waals surface area (Å²) in [6.45, 7) is 9.74. The topological polar surface area (TPSA) is 37.3 Å². The average Bonchev–Trinajstić information content (AvgIpc) is 3.39. The first-order chi connectivity index (χ1) is 14.3. The van der Waals surface area contributed by atoms with Crippen molar-refractivity contribution >= 4 is 11.7 Å². The molecule has 0 bridgehead atoms. The van der Waals surface area contributed by atoms with Gasteiger partial charge in [-0.2, -0.15) is 0 Å². The van der Waals surface area contributed by atoms with Crippen molar-refractivity contribution in [3.05, 3.63) is 54.1 Å². The molecule has 1 aromatic carbocycles. The number of hydrogen-bond acceptors (Lipinski definition) is 5. The molecule has 1 saturated heterocycles. The van der Waals surface area contributed by atoms with E-state index in [-0.39, 0.29) is 23.0 Å². The van der Waals surface area contributed by atoms with Crippen LogP contribution in [0.4, 0.5) is 5.69 Å². The minimum absolute atomic E-state index is 0.0506. The van der Waals surface area contributed by atoms with Crippen molar-refractivity contribution in [3.63, 3.8) is 0 Å². The van der Waals surface area contributed by atoms with E-state index in [9.17, 15) is 0 Å². The summed E-state index contributed by atoms with van der Waals surface area (Å²) >= 11 is 0. The van der Waals surface area contributed by atoms with Crippen LogP contribution in [0.3, 0.4) is 0 Å². The van der Waals surface area contributed by atoms with Crippen molar-refractivity contribution < 1.29 is 9.47 Å². The lowest BCUT2D eigenvalue weighted by atomic mass is 9.65. The van der Waals surface area contributed by atoms with Crippen molar-refractivity contribution in [1.29, 1.82) is 0 Å². The highest BCUT2D eigenvalue weighted by Crippen LogP contribution is 2.56. The third kappa shape index (κ3) is 2.67. The van der Waals surface area contributed by atoms with Gasteiger partial charge in [0.1, 0.15) is 12.2 Å². The second-order valence-corrected chi connectivity index (χ2v) is 10.3. The van der Waals surface area contributed by atoms with Crippen LogP contribution in [-0.4, -0.2) is 42.4 Å². The molecule has 4 aliphatic rings. The maximum Gasteiger partial charge on any atom is 0.311 e. The fourth-order valence-corrected chi connectivity index (χ4v) is 5.66. The van der Waals surface area contributed by atoms with Gasteiger partial charge in [-0.05, 0) is 49.3 Å². The standard InChI is InChI=1S/C25H33N3O2/c1-23(2,3)20-17-30-22-26-28(18-11-7-6-8-12-18)21(27(20)22)24(4,29-5)19-13-9-14-25(19)15-10-16-25/h6-8,10-13,15,20-21H,9,14,16-17H2,1-5H3/t20-,21?,24?,25?/m1/s1. The van der Waals surface area contributed by atoms with E-state index in [2.05, 4.69) is 80.1 Å². The highest BCUT2D eigenvalue weighted by atomic mass is 16.5. The highest BCUT2D eigenvalue weighted by Gasteiger charge is 2.60. The number of benzene rings is 1. The molecule has 0 amide bonds. The number of hydrazone groups is 1. The number of ether oxygens (including phenoxy) is 2. The van der Waals surface area contributed by atoms with Gasteiger partial charge in [0, 0.05) is 12.5 Å². The molecule has 4 atom stereocenters. The monoisotopic (exact) mass is 407 g/mol. The molecule has 5 rings (SSSR count). The van der Waals surface area contributed by atoms with Crippen molar-refractivity contribution in [1.82, 2.24) is 4.90 Å². The van der Waals surface area contributed by atoms with Gasteiger partial charge in [0.2, 0.25) is 0 Å². The molecule has 30 heavy (non-hydrogen) atoms. The molecular formula is C25H33N3O2. The number of nitrogens with zero attached hydrogens (tertiary/aromatic N) is 3. The van der Waals surface area contributed by atoms with Gasteiger partial charge in [-0.3, -0.25) is 4.90 Å². The Hall–Kier alpha value is -2.27. The van der Waals surface area contributed by atoms with E-state index >= 15 is 0 Å². The van der Waals surface area contributed by atoms with Gasteiger partial charge in [0.15, 0.2) is 6.17 Å². The van der Waals surface area contributed by atoms with E-state index in [0.29, 0.717) is 12.6 Å². The third-order valence-corrected chi connectivity index (χ3v) is 7.48. The van der Waals surface area contributed by atoms with Crippen LogP contribution in [-0.2, 0) is 9.47 Å². The lowest BCUT2D eigenvalue weighted by molar-refractivity contribution is -0.0415. The van der Waals surface area contributed by atoms with E-state index in [1.54, 1.807) is 0 Å². The summed E-state index contributed by atoms with van der Waals surface area (Å²) in [4.78, 5) is 2.38. The third-order valence-electron chi connectivity index (χ3n) is 7.48. The first kappa shape index (κ1) is 19.7. The smallest absolute Gasteiger partial charge is 0.311 e. The average molecular weight is 408 g/mol. The molecule has 160 valence electrons. The van der Waals surface area contributed by atoms with Crippen LogP contribution in [0, 0.1) is 10.8 Å². The minimum atomic E-state index is -0.528. The molecule has 0 saturated carbocycles. The SMILES string of the molecule is COC(C)(C1=CCCC12C=CC2)C1N(c2ccccc2)N=C2OC[C@H](C(C)(C)C)N21. The number of fused-ring (bicyclic) bond motifs is 1. The molecular weight excluding hydrogens is 374 g/mol. The summed E-state index contributed by atoms with van der Waals surface area (Å²) < 4.78 is 12.6. The molecule has 2 aliphatic heterocycles. The van der Waals surface area contributed by atoms with Crippen molar-refractivity contribution in [2.24, 2.45) is 15.9 Å². The number of hydrogen-bond donors (Lipinski definition) is 0. The summed E-state index contributed by atoms with van der Waals surface area (Å²) in [5.74, 6) is 0. The van der Waals surface area contributed by atoms with E-state index in [1.165, 1.54) is 12.0 Å². The molecule has 0 radical (unpaired) electrons. The Morgan fingerprint density at radius 2 is 1.90 bits per heavy atom. The zero-order valence-corrected chi connectivity index (χ0v) is 18.8. The second kappa shape index (κ2) is 6.61. The summed E-state index contributed by atoms with van der Waals surface area (Å²) in [6.07, 6.45) is 10.3. The zero-order valence-electron chi connectivity index (χ0n) is 18.8. The predicted molar refractivity (Wildman–Crippen MR) is 120 cm³/mol. The Bertz CT molecular complexity index is 916. The molecule has 2 heterocycles. The summed E-state index contributed by atoms with van der Waals surface area (Å²) in [6, 6.07) is 11.3. The van der Waals surface area contributed by atoms with Gasteiger partial charge in [-0.15, -0.1) is 5.10 Å². The van der Waals surface area contributed by atoms with Crippen molar-refractivity contribution in [2.75, 3.05) is 18.7 Å². The van der Waals surface area contributed by atoms with E-state index in [1.807, 2.05) is 13.2 Å². The van der Waals surface area contributed by atoms with E-state index in [0.717, 1.165) is 18.5 Å². The van der Waals surface area contributed by atoms with Crippen molar-refractivity contribution in [2.45, 2.75) is 64.8 Å². The maximum absolute atomic E-state index is 6.44. The van der Waals surface area contributed by atoms with Crippen LogP contribution in [0.5, 0.6) is 0 Å². The van der Waals surface area contributed by atoms with Gasteiger partial charge in [-0.1, -0.05) is 57.2 Å². The molecule has 0 N–H and O–H groups in total. The molecule has 2 aliphatic carbocycles. The quantitative estimate of drug-likeness (QED) is 0.664. The van der Waals surface area contributed by atoms with Gasteiger partial charge < -0.3 is 9.47 Å². The first-order valence-electron chi connectivity index (χ1n) is 11.1. The Balaban J connectivity index is 1.64. The predicted octanol–water partition coefficient (Wildman–Crippen LogP) is 4.92. The van der Waals surface area contributed by atoms with Crippen LogP contribution in [0.25, 0.3) is 0 Å². The summed E-state index contributed by atoms with van der Waals surface area (Å²) in [5, 5.41) is 7.09. The number of rotatable bonds is 4. The Kier molecular flexibility index (Phi) is 4.34. The fourth-order valence-electron chi connectivity index (χ4n) is 5.66. The Morgan fingerprint density at radius 1 is 1.17 bits per heavy atom. The van der Waals surface area contributed by atoms with Crippen molar-refractivity contribution in [3.8, 4) is 0 Å². The van der Waals surface area contributed by atoms with E-state index < -0.39 is 5.60 Å². The molecule has 1 aromatic rings. The van der Waals surface area contributed by atoms with Crippen LogP contribution < -0.4 is 5.01 Å². The van der Waals surface area contributed by atoms with Crippen LogP contribution in [0.2, 0.25) is 0 Å². The highest BCUT2D eigenvalue weighted by molar-refractivity contribution is 5.81. The summed E-state index contributed by atoms with van der Waals surface area (Å²) in [5.41, 5.74) is 2.10. The maximum atomic E-state index is 6.44. The molecule has 1 fully saturated rings. The lowest BCUT2D eigenvalue weighted by Crippen LogP contribution is -2.62. The van der Waals surface area contributed by atoms with Gasteiger partial charge >= 0.3 is 6.02 Å². The normalized spacial score (nSPS) is 31.9. The van der Waals surface area contributed by atoms with Crippen LogP contribution >= 0.6 is 0 Å².